The van der Waals surface area contributed by atoms with Crippen molar-refractivity contribution in [3.8, 4) is 0 Å². The highest BCUT2D eigenvalue weighted by Crippen LogP contribution is 2.39. The Kier molecular flexibility index (Phi) is 12.2. The van der Waals surface area contributed by atoms with Gasteiger partial charge in [0.05, 0.1) is 12.1 Å². The maximum Gasteiger partial charge on any atom is 0.241 e. The van der Waals surface area contributed by atoms with Crippen LogP contribution in [0.4, 0.5) is 5.69 Å². The average molecular weight is 619 g/mol. The molecule has 10 heteroatoms. The fraction of sp³-hybridized carbons (Fsp3) is 0.594. The van der Waals surface area contributed by atoms with Crippen LogP contribution in [0.25, 0.3) is 0 Å². The predicted molar refractivity (Wildman–Crippen MR) is 171 cm³/mol. The molecule has 8 nitrogen and oxygen atoms in total. The summed E-state index contributed by atoms with van der Waals surface area (Å²) in [6.45, 7) is 1.65. The van der Waals surface area contributed by atoms with Crippen molar-refractivity contribution in [3.63, 3.8) is 0 Å². The molecule has 232 valence electrons. The Labute approximate surface area is 256 Å². The molecule has 2 aromatic carbocycles. The summed E-state index contributed by atoms with van der Waals surface area (Å²) in [6, 6.07) is 15.5. The molecular weight excluding hydrogens is 572 g/mol. The van der Waals surface area contributed by atoms with Crippen molar-refractivity contribution >= 4 is 33.0 Å². The number of hydrogen-bond donors (Lipinski definition) is 4. The zero-order chi connectivity index (χ0) is 30.1. The van der Waals surface area contributed by atoms with Gasteiger partial charge >= 0.3 is 0 Å². The van der Waals surface area contributed by atoms with Gasteiger partial charge in [-0.3, -0.25) is 4.79 Å². The second kappa shape index (κ2) is 15.6. The third-order valence-corrected chi connectivity index (χ3v) is 10.1. The lowest BCUT2D eigenvalue weighted by molar-refractivity contribution is -0.118. The highest BCUT2D eigenvalue weighted by atomic mass is 35.5. The lowest BCUT2D eigenvalue weighted by Crippen LogP contribution is -2.54. The smallest absolute Gasteiger partial charge is 0.241 e. The number of rotatable bonds is 13. The molecule has 1 aliphatic carbocycles. The fourth-order valence-corrected chi connectivity index (χ4v) is 7.33. The highest BCUT2D eigenvalue weighted by Gasteiger charge is 2.36. The number of nitrogens with two attached hydrogens (primary N) is 1. The number of carbonyl (C=O) groups excluding carboxylic acids is 1. The second-order valence-electron chi connectivity index (χ2n) is 12.1. The number of hydrogen-bond acceptors (Lipinski definition) is 7. The van der Waals surface area contributed by atoms with E-state index in [9.17, 15) is 13.2 Å². The van der Waals surface area contributed by atoms with Crippen LogP contribution >= 0.6 is 11.6 Å². The summed E-state index contributed by atoms with van der Waals surface area (Å²) in [6.07, 6.45) is 8.67. The van der Waals surface area contributed by atoms with E-state index in [2.05, 4.69) is 22.0 Å². The van der Waals surface area contributed by atoms with Crippen LogP contribution < -0.4 is 21.7 Å². The van der Waals surface area contributed by atoms with Crippen LogP contribution in [0.1, 0.15) is 62.0 Å². The largest absolute Gasteiger partial charge is 0.381 e. The van der Waals surface area contributed by atoms with Gasteiger partial charge in [0.15, 0.2) is 0 Å². The van der Waals surface area contributed by atoms with Gasteiger partial charge in [0, 0.05) is 60.9 Å². The Balaban J connectivity index is 1.36. The van der Waals surface area contributed by atoms with Crippen LogP contribution in [-0.4, -0.2) is 70.8 Å². The SMILES string of the molecule is COC1CCCC([C@H](c2ccc(Cl)cc2)[C@H](N)C(=O)Nc2ccccc2CC[C@H]2CNC(CCCS(C)(=O)=O)CN2)C1. The number of aryl methyl sites for hydroxylation is 1. The number of halogens is 1. The van der Waals surface area contributed by atoms with E-state index in [1.165, 1.54) is 6.26 Å². The van der Waals surface area contributed by atoms with Crippen LogP contribution in [0.2, 0.25) is 5.02 Å². The van der Waals surface area contributed by atoms with Crippen LogP contribution in [0.15, 0.2) is 48.5 Å². The van der Waals surface area contributed by atoms with Crippen LogP contribution in [0.3, 0.4) is 0 Å². The quantitative estimate of drug-likeness (QED) is 0.264. The number of carbonyl (C=O) groups is 1. The lowest BCUT2D eigenvalue weighted by Gasteiger charge is -2.37. The topological polar surface area (TPSA) is 123 Å². The van der Waals surface area contributed by atoms with Crippen molar-refractivity contribution in [3.05, 3.63) is 64.7 Å². The summed E-state index contributed by atoms with van der Waals surface area (Å²) >= 11 is 6.18. The van der Waals surface area contributed by atoms with E-state index in [-0.39, 0.29) is 35.6 Å². The summed E-state index contributed by atoms with van der Waals surface area (Å²) in [5.41, 5.74) is 9.68. The number of amides is 1. The van der Waals surface area contributed by atoms with Crippen molar-refractivity contribution < 1.29 is 17.9 Å². The van der Waals surface area contributed by atoms with E-state index in [0.29, 0.717) is 17.5 Å². The summed E-state index contributed by atoms with van der Waals surface area (Å²) in [5.74, 6) is 0.141. The van der Waals surface area contributed by atoms with E-state index >= 15 is 0 Å². The molecule has 1 saturated carbocycles. The first kappa shape index (κ1) is 32.9. The Morgan fingerprint density at radius 2 is 1.76 bits per heavy atom. The first-order valence-electron chi connectivity index (χ1n) is 15.2. The van der Waals surface area contributed by atoms with Gasteiger partial charge in [-0.25, -0.2) is 8.42 Å². The van der Waals surface area contributed by atoms with Crippen molar-refractivity contribution in [2.24, 2.45) is 11.7 Å². The van der Waals surface area contributed by atoms with Gasteiger partial charge in [-0.15, -0.1) is 0 Å². The molecule has 0 aromatic heterocycles. The van der Waals surface area contributed by atoms with Gasteiger partial charge < -0.3 is 26.4 Å². The van der Waals surface area contributed by atoms with Gasteiger partial charge in [-0.05, 0) is 80.2 Å². The number of anilines is 1. The van der Waals surface area contributed by atoms with Crippen molar-refractivity contribution in [2.75, 3.05) is 37.5 Å². The Morgan fingerprint density at radius 1 is 1.07 bits per heavy atom. The molecule has 5 N–H and O–H groups in total. The lowest BCUT2D eigenvalue weighted by atomic mass is 9.72. The zero-order valence-corrected chi connectivity index (χ0v) is 26.4. The Bertz CT molecular complexity index is 1250. The maximum absolute atomic E-state index is 13.7. The van der Waals surface area contributed by atoms with Gasteiger partial charge in [0.25, 0.3) is 0 Å². The number of ether oxygens (including phenoxy) is 1. The minimum atomic E-state index is -2.92. The van der Waals surface area contributed by atoms with E-state index in [0.717, 1.165) is 74.8 Å². The molecule has 1 aliphatic heterocycles. The molecule has 4 rings (SSSR count). The fourth-order valence-electron chi connectivity index (χ4n) is 6.51. The van der Waals surface area contributed by atoms with E-state index in [1.807, 2.05) is 42.5 Å². The predicted octanol–water partition coefficient (Wildman–Crippen LogP) is 4.28. The monoisotopic (exact) mass is 618 g/mol. The molecule has 0 bridgehead atoms. The van der Waals surface area contributed by atoms with Crippen molar-refractivity contribution in [1.82, 2.24) is 10.6 Å². The normalized spacial score (nSPS) is 24.6. The molecule has 1 heterocycles. The molecule has 2 aromatic rings. The molecule has 1 saturated heterocycles. The van der Waals surface area contributed by atoms with Crippen LogP contribution in [-0.2, 0) is 25.8 Å². The maximum atomic E-state index is 13.7. The molecule has 6 atom stereocenters. The molecule has 2 fully saturated rings. The first-order valence-corrected chi connectivity index (χ1v) is 17.6. The summed E-state index contributed by atoms with van der Waals surface area (Å²) in [5, 5.41) is 11.0. The number of methoxy groups -OCH3 is 1. The molecule has 0 radical (unpaired) electrons. The zero-order valence-electron chi connectivity index (χ0n) is 24.9. The summed E-state index contributed by atoms with van der Waals surface area (Å²) < 4.78 is 28.5. The number of benzene rings is 2. The van der Waals surface area contributed by atoms with E-state index in [1.54, 1.807) is 7.11 Å². The van der Waals surface area contributed by atoms with Gasteiger partial charge in [0.2, 0.25) is 5.91 Å². The number of para-hydroxylation sites is 1. The third-order valence-electron chi connectivity index (χ3n) is 8.86. The van der Waals surface area contributed by atoms with Gasteiger partial charge in [-0.2, -0.15) is 0 Å². The molecule has 2 aliphatic rings. The summed E-state index contributed by atoms with van der Waals surface area (Å²) in [7, 11) is -1.16. The highest BCUT2D eigenvalue weighted by molar-refractivity contribution is 7.90. The second-order valence-corrected chi connectivity index (χ2v) is 14.8. The van der Waals surface area contributed by atoms with Gasteiger partial charge in [0.1, 0.15) is 9.84 Å². The molecular formula is C32H47ClN4O4S. The van der Waals surface area contributed by atoms with E-state index in [4.69, 9.17) is 22.1 Å². The number of sulfone groups is 1. The van der Waals surface area contributed by atoms with Gasteiger partial charge in [-0.1, -0.05) is 48.4 Å². The average Bonchev–Trinajstić information content (AvgIpc) is 2.98. The van der Waals surface area contributed by atoms with Crippen molar-refractivity contribution in [1.29, 1.82) is 0 Å². The van der Waals surface area contributed by atoms with Crippen LogP contribution in [0.5, 0.6) is 0 Å². The van der Waals surface area contributed by atoms with Crippen LogP contribution in [0, 0.1) is 5.92 Å². The number of nitrogens with one attached hydrogen (secondary N) is 3. The molecule has 1 amide bonds. The third kappa shape index (κ3) is 9.76. The molecule has 3 unspecified atom stereocenters. The van der Waals surface area contributed by atoms with E-state index < -0.39 is 15.9 Å². The van der Waals surface area contributed by atoms with Crippen molar-refractivity contribution in [2.45, 2.75) is 81.5 Å². The summed E-state index contributed by atoms with van der Waals surface area (Å²) in [4.78, 5) is 13.7. The standard InChI is InChI=1S/C32H47ClN4O4S/c1-41-28-10-5-8-24(19-28)30(23-12-15-25(33)16-13-23)31(34)32(38)37-29-11-4-3-7-22(29)14-17-27-21-35-26(20-36-27)9-6-18-42(2,39)40/h3-4,7,11-13,15-16,24,26-28,30-31,35-36H,5-6,8-10,14,17-21,34H2,1-2H3,(H,37,38)/t24?,26?,27-,28?,30-,31-/m0/s1. The molecule has 42 heavy (non-hydrogen) atoms. The minimum Gasteiger partial charge on any atom is -0.381 e. The minimum absolute atomic E-state index is 0.143. The first-order chi connectivity index (χ1) is 20.1. The molecule has 0 spiro atoms. The Morgan fingerprint density at radius 3 is 2.43 bits per heavy atom. The Hall–Kier alpha value is -2.01. The number of piperazine rings is 1.